The third-order valence-corrected chi connectivity index (χ3v) is 21.8. The molecule has 7 aliphatic heterocycles. The van der Waals surface area contributed by atoms with E-state index in [-0.39, 0.29) is 64.0 Å². The van der Waals surface area contributed by atoms with Gasteiger partial charge in [-0.3, -0.25) is 53.0 Å². The van der Waals surface area contributed by atoms with E-state index >= 15 is 19.2 Å². The van der Waals surface area contributed by atoms with Gasteiger partial charge in [0.2, 0.25) is 53.4 Å². The van der Waals surface area contributed by atoms with E-state index in [1.807, 2.05) is 13.8 Å². The third kappa shape index (κ3) is 19.7. The van der Waals surface area contributed by atoms with Gasteiger partial charge in [0.25, 0.3) is 11.8 Å². The summed E-state index contributed by atoms with van der Waals surface area (Å²) >= 11 is 20.2. The molecule has 37 nitrogen and oxygen atoms in total. The maximum atomic E-state index is 16.3. The molecule has 1 aromatic heterocycles. The van der Waals surface area contributed by atoms with E-state index in [9.17, 15) is 74.3 Å². The van der Waals surface area contributed by atoms with Crippen molar-refractivity contribution in [3.63, 3.8) is 0 Å². The number of aromatic nitrogens is 1. The number of ether oxygens (including phenoxy) is 6. The summed E-state index contributed by atoms with van der Waals surface area (Å²) in [6, 6.07) is 4.64. The molecule has 7 aromatic rings. The van der Waals surface area contributed by atoms with Crippen LogP contribution in [-0.2, 0) is 63.9 Å². The summed E-state index contributed by atoms with van der Waals surface area (Å²) in [7, 11) is 2.50. The smallest absolute Gasteiger partial charge is 0.270 e. The minimum absolute atomic E-state index is 0.0447. The van der Waals surface area contributed by atoms with Gasteiger partial charge in [-0.15, -0.1) is 0 Å². The number of nitrogens with one attached hydrogen (secondary N) is 10. The summed E-state index contributed by atoms with van der Waals surface area (Å²) in [4.78, 5) is 142. The van der Waals surface area contributed by atoms with Crippen molar-refractivity contribution in [1.82, 2.24) is 53.0 Å². The van der Waals surface area contributed by atoms with Crippen molar-refractivity contribution in [1.29, 1.82) is 0 Å². The van der Waals surface area contributed by atoms with Gasteiger partial charge in [0.15, 0.2) is 23.9 Å². The number of hydrogen-bond donors (Lipinski definition) is 20. The van der Waals surface area contributed by atoms with Gasteiger partial charge in [0.05, 0.1) is 65.3 Å². The van der Waals surface area contributed by atoms with Gasteiger partial charge in [0.1, 0.15) is 101 Å². The maximum Gasteiger partial charge on any atom is 0.270 e. The molecule has 18 unspecified atom stereocenters. The summed E-state index contributed by atoms with van der Waals surface area (Å²) in [5.41, 5.74) is 4.40. The van der Waals surface area contributed by atoms with Crippen molar-refractivity contribution in [2.45, 2.75) is 163 Å². The average Bonchev–Trinajstić information content (AvgIpc) is 0.765. The number of aliphatic hydroxyl groups excluding tert-OH is 6. The number of amides is 9. The molecule has 0 saturated carbocycles. The van der Waals surface area contributed by atoms with Gasteiger partial charge in [-0.1, -0.05) is 66.8 Å². The van der Waals surface area contributed by atoms with E-state index in [0.29, 0.717) is 5.56 Å². The Hall–Kier alpha value is -11.2. The first-order valence-electron chi connectivity index (χ1n) is 37.7. The molecular formula is C80H86Cl3FN12O25. The number of nitrogens with zero attached hydrogens (tertiary/aromatic N) is 1. The normalized spacial score (nSPS) is 26.4. The number of aromatic hydroxyl groups is 3. The zero-order chi connectivity index (χ0) is 87.5. The van der Waals surface area contributed by atoms with Crippen LogP contribution in [-0.4, -0.2) is 204 Å². The SMILES string of the molecule is CNC(CC(C)C)C(=O)NC1C(=O)NC(CC(N)=O)C(=O)NC2C(=O)NC3C(=O)NC(C(=O)NC(C(=O)NOC)c4cc(O)cc(O)c4-c4cc3ccc4O)C(O)c3ccc(c(Cl)c3)Oc3cc2cc(c3OC2OC(CO)C(O)C(O)C2OC2CC(C)(NCc3cncc(NC(=O)c4ccc(Cl)c(F)c4)c3)C(O)C(C)O2)Oc2ccc(cc2Cl)C1O. The average molecular weight is 1740 g/mol. The van der Waals surface area contributed by atoms with E-state index in [2.05, 4.69) is 58.3 Å². The molecular weight excluding hydrogens is 1650 g/mol. The fourth-order valence-electron chi connectivity index (χ4n) is 14.6. The summed E-state index contributed by atoms with van der Waals surface area (Å²) < 4.78 is 53.8. The number of hydroxylamine groups is 1. The van der Waals surface area contributed by atoms with Crippen molar-refractivity contribution < 1.29 is 127 Å². The molecule has 0 aliphatic carbocycles. The first kappa shape index (κ1) is 89.1. The molecule has 7 aliphatic rings. The van der Waals surface area contributed by atoms with E-state index in [1.54, 1.807) is 13.0 Å². The van der Waals surface area contributed by atoms with Crippen LogP contribution >= 0.6 is 34.8 Å². The maximum absolute atomic E-state index is 16.3. The van der Waals surface area contributed by atoms with Crippen LogP contribution in [0.4, 0.5) is 10.1 Å². The Kier molecular flexibility index (Phi) is 27.6. The molecule has 14 rings (SSSR count). The second-order valence-electron chi connectivity index (χ2n) is 30.0. The van der Waals surface area contributed by atoms with Crippen molar-refractivity contribution in [2.24, 2.45) is 11.7 Å². The number of phenols is 3. The largest absolute Gasteiger partial charge is 0.508 e. The summed E-state index contributed by atoms with van der Waals surface area (Å²) in [5.74, 6) is -17.0. The number of anilines is 1. The van der Waals surface area contributed by atoms with Crippen LogP contribution in [0.5, 0.6) is 46.0 Å². The van der Waals surface area contributed by atoms with Crippen LogP contribution < -0.4 is 73.3 Å². The number of rotatable bonds is 19. The first-order valence-corrected chi connectivity index (χ1v) is 38.8. The molecule has 0 radical (unpaired) electrons. The van der Waals surface area contributed by atoms with Crippen LogP contribution in [0.3, 0.4) is 0 Å². The Morgan fingerprint density at radius 1 is 0.711 bits per heavy atom. The van der Waals surface area contributed by atoms with Crippen LogP contribution in [0, 0.1) is 11.7 Å². The lowest BCUT2D eigenvalue weighted by Crippen LogP contribution is -2.65. The summed E-state index contributed by atoms with van der Waals surface area (Å²) in [6.07, 6.45) is -16.6. The Morgan fingerprint density at radius 3 is 2.00 bits per heavy atom. The van der Waals surface area contributed by atoms with Gasteiger partial charge >= 0.3 is 0 Å². The Labute approximate surface area is 702 Å². The Morgan fingerprint density at radius 2 is 1.36 bits per heavy atom. The predicted octanol–water partition coefficient (Wildman–Crippen LogP) is 2.97. The zero-order valence-electron chi connectivity index (χ0n) is 65.0. The van der Waals surface area contributed by atoms with Gasteiger partial charge in [-0.25, -0.2) is 9.87 Å². The molecule has 21 N–H and O–H groups in total. The van der Waals surface area contributed by atoms with E-state index in [4.69, 9.17) is 73.8 Å². The van der Waals surface area contributed by atoms with Crippen LogP contribution in [0.25, 0.3) is 11.1 Å². The summed E-state index contributed by atoms with van der Waals surface area (Å²) in [6.45, 7) is 5.67. The highest BCUT2D eigenvalue weighted by atomic mass is 35.5. The molecule has 644 valence electrons. The number of nitrogens with two attached hydrogens (primary N) is 1. The lowest BCUT2D eigenvalue weighted by molar-refractivity contribution is -0.334. The second kappa shape index (κ2) is 37.4. The lowest BCUT2D eigenvalue weighted by atomic mass is 9.84. The number of likely N-dealkylation sites (N-methyl/N-ethyl adjacent to an activating group) is 1. The number of hydrogen-bond acceptors (Lipinski definition) is 28. The number of phenolic OH excluding ortho intramolecular Hbond substituents is 3. The molecule has 9 amide bonds. The van der Waals surface area contributed by atoms with Crippen molar-refractivity contribution in [2.75, 3.05) is 26.1 Å². The standard InChI is InChI=1S/C80H86Cl3FN12O25/c1-31(2)15-47(86-5)72(108)94-62-64(102)35-9-13-51(44(82)18-35)117-53-21-38-22-54(68(53)121-79-69(67(105)66(104)55(30-97)119-79)120-57-26-80(4,70(106)32(3)116-57)88-28-33-16-39(29-87-27-33)89-71(107)37-7-11-43(81)46(84)20-37)118-52-14-10-36(19-45(52)83)65(103)63-77(113)93-61(78(114)96-115-6)42-23-40(98)24-50(100)58(42)41-17-34(8-12-49(41)99)59(74(110)95-63)92-75(111)60(38)91-73(109)48(25-56(85)101)90-76(62)112/h7-14,16-24,27,29,31-32,47-48,55,57,59-67,69-70,79,86,88,97-100,102-106H,15,25-26,28,30H2,1-6H3,(H2,85,101)(H,89,107)(H,90,112)(H,91,109)(H,92,111)(H,93,113)(H,94,108)(H,95,110)(H,96,114). The number of fused-ring (bicyclic) bond motifs is 15. The van der Waals surface area contributed by atoms with E-state index < -0.39 is 254 Å². The van der Waals surface area contributed by atoms with Crippen LogP contribution in [0.15, 0.2) is 116 Å². The molecule has 11 bridgehead atoms. The Bertz CT molecular complexity index is 5180. The fourth-order valence-corrected chi connectivity index (χ4v) is 15.2. The van der Waals surface area contributed by atoms with Gasteiger partial charge in [0, 0.05) is 47.5 Å². The highest BCUT2D eigenvalue weighted by molar-refractivity contribution is 6.32. The lowest BCUT2D eigenvalue weighted by Gasteiger charge is -2.48. The topological polar surface area (TPSA) is 560 Å². The van der Waals surface area contributed by atoms with Crippen molar-refractivity contribution in [3.05, 3.63) is 175 Å². The van der Waals surface area contributed by atoms with Gasteiger partial charge in [-0.05, 0) is 145 Å². The van der Waals surface area contributed by atoms with Crippen LogP contribution in [0.1, 0.15) is 121 Å². The molecule has 2 fully saturated rings. The zero-order valence-corrected chi connectivity index (χ0v) is 67.3. The number of carbonyl (C=O) groups excluding carboxylic acids is 9. The molecule has 121 heavy (non-hydrogen) atoms. The highest BCUT2D eigenvalue weighted by Crippen LogP contribution is 2.50. The highest BCUT2D eigenvalue weighted by Gasteiger charge is 2.52. The minimum Gasteiger partial charge on any atom is -0.508 e. The van der Waals surface area contributed by atoms with Crippen LogP contribution in [0.2, 0.25) is 15.1 Å². The quantitative estimate of drug-likeness (QED) is 0.0517. The fraction of sp³-hybridized carbons (Fsp3) is 0.375. The second-order valence-corrected chi connectivity index (χ2v) is 31.2. The van der Waals surface area contributed by atoms with Crippen molar-refractivity contribution >= 4 is 93.7 Å². The van der Waals surface area contributed by atoms with Crippen molar-refractivity contribution in [3.8, 4) is 57.1 Å². The number of pyridine rings is 1. The number of benzene rings is 6. The molecule has 8 heterocycles. The van der Waals surface area contributed by atoms with Gasteiger partial charge in [-0.2, -0.15) is 0 Å². The van der Waals surface area contributed by atoms with E-state index in [1.165, 1.54) is 50.6 Å². The van der Waals surface area contributed by atoms with Gasteiger partial charge < -0.3 is 128 Å². The third-order valence-electron chi connectivity index (χ3n) is 20.9. The molecule has 18 atom stereocenters. The number of primary amides is 1. The molecule has 6 aromatic carbocycles. The molecule has 0 spiro atoms. The Balaban J connectivity index is 1.03. The molecule has 2 saturated heterocycles. The monoisotopic (exact) mass is 1740 g/mol. The number of aliphatic hydroxyl groups is 6. The summed E-state index contributed by atoms with van der Waals surface area (Å²) in [5, 5.41) is 129. The first-order chi connectivity index (χ1) is 57.4. The number of carbonyl (C=O) groups is 9. The molecule has 41 heteroatoms. The minimum atomic E-state index is -2.39. The predicted molar refractivity (Wildman–Crippen MR) is 423 cm³/mol. The van der Waals surface area contributed by atoms with E-state index in [0.717, 1.165) is 79.9 Å². The number of halogens is 4.